The maximum Gasteiger partial charge on any atom is 0.310 e. The maximum absolute atomic E-state index is 12.6. The summed E-state index contributed by atoms with van der Waals surface area (Å²) >= 11 is 1.67. The molecule has 0 amide bonds. The highest BCUT2D eigenvalue weighted by Crippen LogP contribution is 2.47. The number of aryl methyl sites for hydroxylation is 1. The second-order valence-corrected chi connectivity index (χ2v) is 13.1. The average molecular weight is 567 g/mol. The minimum Gasteiger partial charge on any atom is -0.481 e. The molecule has 218 valence electrons. The van der Waals surface area contributed by atoms with Gasteiger partial charge in [-0.2, -0.15) is 0 Å². The Balaban J connectivity index is 1.65. The van der Waals surface area contributed by atoms with Crippen LogP contribution in [0.15, 0.2) is 30.6 Å². The van der Waals surface area contributed by atoms with Crippen LogP contribution in [0, 0.1) is 25.2 Å². The number of aromatic nitrogens is 2. The van der Waals surface area contributed by atoms with Gasteiger partial charge in [0, 0.05) is 41.2 Å². The molecule has 40 heavy (non-hydrogen) atoms. The smallest absolute Gasteiger partial charge is 0.310 e. The number of hydrogen-bond acceptors (Lipinski definition) is 7. The van der Waals surface area contributed by atoms with Gasteiger partial charge in [0.1, 0.15) is 5.82 Å². The molecule has 1 saturated heterocycles. The molecule has 0 radical (unpaired) electrons. The first-order valence-corrected chi connectivity index (χ1v) is 15.3. The third kappa shape index (κ3) is 6.06. The van der Waals surface area contributed by atoms with Crippen LogP contribution >= 0.6 is 11.3 Å². The van der Waals surface area contributed by atoms with Gasteiger partial charge in [-0.1, -0.05) is 19.4 Å². The van der Waals surface area contributed by atoms with Crippen molar-refractivity contribution in [3.63, 3.8) is 0 Å². The first-order chi connectivity index (χ1) is 19.0. The zero-order valence-electron chi connectivity index (χ0n) is 24.9. The minimum absolute atomic E-state index is 0.367. The molecule has 4 rings (SSSR count). The van der Waals surface area contributed by atoms with Crippen molar-refractivity contribution >= 4 is 28.7 Å². The van der Waals surface area contributed by atoms with Crippen molar-refractivity contribution < 1.29 is 9.90 Å². The Kier molecular flexibility index (Phi) is 9.27. The second kappa shape index (κ2) is 12.3. The van der Waals surface area contributed by atoms with E-state index < -0.39 is 11.4 Å². The molecule has 1 aromatic carbocycles. The molecule has 1 aliphatic heterocycles. The largest absolute Gasteiger partial charge is 0.481 e. The molecule has 0 saturated carbocycles. The normalized spacial score (nSPS) is 15.9. The van der Waals surface area contributed by atoms with Gasteiger partial charge in [0.15, 0.2) is 0 Å². The average Bonchev–Trinajstić information content (AvgIpc) is 3.52. The molecule has 0 aliphatic carbocycles. The third-order valence-corrected chi connectivity index (χ3v) is 10.0. The Morgan fingerprint density at radius 3 is 2.55 bits per heavy atom. The predicted molar refractivity (Wildman–Crippen MR) is 165 cm³/mol. The van der Waals surface area contributed by atoms with E-state index in [1.807, 2.05) is 32.2 Å². The summed E-state index contributed by atoms with van der Waals surface area (Å²) in [5, 5.41) is 11.9. The van der Waals surface area contributed by atoms with Crippen molar-refractivity contribution in [2.45, 2.75) is 79.8 Å². The number of nitrogens with two attached hydrogens (primary N) is 2. The predicted octanol–water partition coefficient (Wildman–Crippen LogP) is 5.76. The molecule has 0 spiro atoms. The van der Waals surface area contributed by atoms with Gasteiger partial charge in [-0.05, 0) is 95.3 Å². The van der Waals surface area contributed by atoms with E-state index in [1.165, 1.54) is 29.7 Å². The van der Waals surface area contributed by atoms with Crippen LogP contribution in [0.2, 0.25) is 0 Å². The molecule has 2 aromatic heterocycles. The van der Waals surface area contributed by atoms with Crippen molar-refractivity contribution in [3.05, 3.63) is 62.9 Å². The molecule has 1 atom stereocenters. The van der Waals surface area contributed by atoms with Crippen molar-refractivity contribution in [3.8, 4) is 0 Å². The number of anilines is 2. The van der Waals surface area contributed by atoms with Crippen molar-refractivity contribution in [1.29, 1.82) is 0 Å². The van der Waals surface area contributed by atoms with Gasteiger partial charge in [-0.3, -0.25) is 9.69 Å². The molecule has 3 heterocycles. The van der Waals surface area contributed by atoms with Crippen LogP contribution in [-0.4, -0.2) is 45.2 Å². The Bertz CT molecular complexity index is 1320. The van der Waals surface area contributed by atoms with Crippen LogP contribution < -0.4 is 16.6 Å². The summed E-state index contributed by atoms with van der Waals surface area (Å²) in [7, 11) is 0. The zero-order chi connectivity index (χ0) is 29.2. The molecular weight excluding hydrogens is 520 g/mol. The number of rotatable bonds is 11. The summed E-state index contributed by atoms with van der Waals surface area (Å²) < 4.78 is 2.24. The van der Waals surface area contributed by atoms with E-state index in [0.29, 0.717) is 18.8 Å². The fourth-order valence-corrected chi connectivity index (χ4v) is 7.25. The Hall–Kier alpha value is -2.88. The quantitative estimate of drug-likeness (QED) is 0.154. The number of carbonyl (C=O) groups is 1. The summed E-state index contributed by atoms with van der Waals surface area (Å²) in [5.74, 6) is 6.87. The number of thiophene rings is 1. The lowest BCUT2D eigenvalue weighted by molar-refractivity contribution is -0.147. The lowest BCUT2D eigenvalue weighted by Crippen LogP contribution is -2.34. The Labute approximate surface area is 243 Å². The fourth-order valence-electron chi connectivity index (χ4n) is 5.90. The monoisotopic (exact) mass is 566 g/mol. The van der Waals surface area contributed by atoms with E-state index in [0.717, 1.165) is 53.1 Å². The molecule has 1 fully saturated rings. The number of hydrazine groups is 1. The van der Waals surface area contributed by atoms with Gasteiger partial charge >= 0.3 is 5.97 Å². The zero-order valence-corrected chi connectivity index (χ0v) is 25.7. The van der Waals surface area contributed by atoms with Crippen LogP contribution in [0.5, 0.6) is 0 Å². The van der Waals surface area contributed by atoms with Crippen LogP contribution in [0.1, 0.15) is 85.1 Å². The summed E-state index contributed by atoms with van der Waals surface area (Å²) in [6, 6.07) is 6.10. The number of nitrogen functional groups attached to an aromatic ring is 1. The molecule has 9 heteroatoms. The van der Waals surface area contributed by atoms with Gasteiger partial charge in [-0.15, -0.1) is 11.3 Å². The summed E-state index contributed by atoms with van der Waals surface area (Å²) in [6.45, 7) is 16.4. The van der Waals surface area contributed by atoms with Crippen molar-refractivity contribution in [1.82, 2.24) is 14.5 Å². The van der Waals surface area contributed by atoms with E-state index in [2.05, 4.69) is 35.6 Å². The molecular formula is C31H46N6O2S. The standard InChI is InChI=1S/C31H46N6O2S/c1-7-22-11-14-35(15-12-22)19-27-34-13-16-36(27)18-23-17-26(40-21(23)4)28(31(5,6)30(38)39)24-9-10-25(37(33)8-2)29(32)20(24)3/h9-10,13,16-17,22,28H,7-8,11-12,14-15,18-19,32-33H2,1-6H3,(H,38,39). The third-order valence-electron chi connectivity index (χ3n) is 8.88. The second-order valence-electron chi connectivity index (χ2n) is 11.8. The number of benzene rings is 1. The lowest BCUT2D eigenvalue weighted by Gasteiger charge is -2.32. The van der Waals surface area contributed by atoms with E-state index in [9.17, 15) is 9.90 Å². The van der Waals surface area contributed by atoms with Gasteiger partial charge in [-0.25, -0.2) is 10.8 Å². The molecule has 5 N–H and O–H groups in total. The van der Waals surface area contributed by atoms with Gasteiger partial charge in [0.05, 0.1) is 23.3 Å². The fraction of sp³-hybridized carbons (Fsp3) is 0.548. The lowest BCUT2D eigenvalue weighted by atomic mass is 9.72. The number of likely N-dealkylation sites (tertiary alicyclic amines) is 1. The number of piperidine rings is 1. The van der Waals surface area contributed by atoms with Gasteiger partial charge in [0.2, 0.25) is 0 Å². The number of nitrogens with zero attached hydrogens (tertiary/aromatic N) is 4. The van der Waals surface area contributed by atoms with Crippen LogP contribution in [0.3, 0.4) is 0 Å². The number of carboxylic acid groups (broad SMARTS) is 1. The molecule has 1 unspecified atom stereocenters. The SMILES string of the molecule is CCC1CCN(Cc2nccn2Cc2cc(C(c3ccc(N(N)CC)c(N)c3C)C(C)(C)C(=O)O)sc2C)CC1. The number of imidazole rings is 1. The van der Waals surface area contributed by atoms with Gasteiger partial charge < -0.3 is 20.4 Å². The van der Waals surface area contributed by atoms with E-state index in [-0.39, 0.29) is 5.92 Å². The van der Waals surface area contributed by atoms with E-state index in [4.69, 9.17) is 16.6 Å². The maximum atomic E-state index is 12.6. The van der Waals surface area contributed by atoms with Gasteiger partial charge in [0.25, 0.3) is 0 Å². The van der Waals surface area contributed by atoms with E-state index >= 15 is 0 Å². The first-order valence-electron chi connectivity index (χ1n) is 14.4. The van der Waals surface area contributed by atoms with Crippen LogP contribution in [0.4, 0.5) is 11.4 Å². The minimum atomic E-state index is -1.05. The molecule has 1 aliphatic rings. The molecule has 3 aromatic rings. The first kappa shape index (κ1) is 30.1. The summed E-state index contributed by atoms with van der Waals surface area (Å²) in [6.07, 6.45) is 7.73. The highest BCUT2D eigenvalue weighted by atomic mass is 32.1. The Morgan fingerprint density at radius 2 is 1.93 bits per heavy atom. The van der Waals surface area contributed by atoms with E-state index in [1.54, 1.807) is 30.2 Å². The highest BCUT2D eigenvalue weighted by Gasteiger charge is 2.41. The number of aliphatic carboxylic acids is 1. The Morgan fingerprint density at radius 1 is 1.23 bits per heavy atom. The summed E-state index contributed by atoms with van der Waals surface area (Å²) in [4.78, 5) is 22.0. The van der Waals surface area contributed by atoms with Crippen LogP contribution in [0.25, 0.3) is 0 Å². The van der Waals surface area contributed by atoms with Crippen molar-refractivity contribution in [2.75, 3.05) is 30.4 Å². The molecule has 8 nitrogen and oxygen atoms in total. The summed E-state index contributed by atoms with van der Waals surface area (Å²) in [5.41, 5.74) is 9.83. The van der Waals surface area contributed by atoms with Crippen molar-refractivity contribution in [2.24, 2.45) is 17.2 Å². The van der Waals surface area contributed by atoms with Crippen LogP contribution in [-0.2, 0) is 17.9 Å². The highest BCUT2D eigenvalue weighted by molar-refractivity contribution is 7.12. The molecule has 0 bridgehead atoms. The number of hydrogen-bond donors (Lipinski definition) is 3. The topological polar surface area (TPSA) is 114 Å². The number of carboxylic acids is 1.